The number of halogens is 2. The third-order valence-electron chi connectivity index (χ3n) is 2.47. The van der Waals surface area contributed by atoms with Crippen molar-refractivity contribution >= 4 is 17.2 Å². The van der Waals surface area contributed by atoms with Gasteiger partial charge >= 0.3 is 0 Å². The molecule has 2 aromatic rings. The van der Waals surface area contributed by atoms with E-state index < -0.39 is 11.6 Å². The van der Waals surface area contributed by atoms with Gasteiger partial charge in [0.25, 0.3) is 0 Å². The quantitative estimate of drug-likeness (QED) is 0.858. The summed E-state index contributed by atoms with van der Waals surface area (Å²) in [6.45, 7) is 2.88. The largest absolute Gasteiger partial charge is 0.370 e. The molecular weight excluding hydrogens is 248 g/mol. The van der Waals surface area contributed by atoms with Crippen LogP contribution in [0.3, 0.4) is 0 Å². The lowest BCUT2D eigenvalue weighted by molar-refractivity contribution is 0.584. The maximum absolute atomic E-state index is 13.1. The molecule has 0 fully saturated rings. The Morgan fingerprint density at radius 2 is 1.79 bits per heavy atom. The molecule has 1 heterocycles. The van der Waals surface area contributed by atoms with E-state index in [4.69, 9.17) is 0 Å². The summed E-state index contributed by atoms with van der Waals surface area (Å²) in [5.41, 5.74) is 1.09. The summed E-state index contributed by atoms with van der Waals surface area (Å²) in [5, 5.41) is 6.09. The molecule has 0 spiro atoms. The second-order valence-corrected chi connectivity index (χ2v) is 4.14. The predicted molar refractivity (Wildman–Crippen MR) is 72.7 cm³/mol. The van der Waals surface area contributed by atoms with E-state index in [0.29, 0.717) is 5.69 Å². The van der Waals surface area contributed by atoms with Crippen molar-refractivity contribution in [3.63, 3.8) is 0 Å². The molecule has 3 nitrogen and oxygen atoms in total. The molecule has 0 radical (unpaired) electrons. The van der Waals surface area contributed by atoms with Gasteiger partial charge in [0, 0.05) is 36.2 Å². The number of pyridine rings is 1. The first-order chi connectivity index (χ1) is 9.17. The molecule has 0 bridgehead atoms. The minimum Gasteiger partial charge on any atom is -0.370 e. The van der Waals surface area contributed by atoms with E-state index >= 15 is 0 Å². The lowest BCUT2D eigenvalue weighted by atomic mass is 10.2. The van der Waals surface area contributed by atoms with Crippen LogP contribution in [0.25, 0.3) is 0 Å². The second kappa shape index (κ2) is 6.13. The predicted octanol–water partition coefficient (Wildman–Crippen LogP) is 3.93. The lowest BCUT2D eigenvalue weighted by Gasteiger charge is -2.09. The van der Waals surface area contributed by atoms with Crippen molar-refractivity contribution in [3.05, 3.63) is 48.2 Å². The van der Waals surface area contributed by atoms with E-state index in [1.807, 2.05) is 0 Å². The molecule has 1 aromatic carbocycles. The summed E-state index contributed by atoms with van der Waals surface area (Å²) in [5.74, 6) is -0.495. The third-order valence-corrected chi connectivity index (χ3v) is 2.47. The smallest absolute Gasteiger partial charge is 0.128 e. The molecule has 0 atom stereocenters. The van der Waals surface area contributed by atoms with Crippen molar-refractivity contribution in [1.29, 1.82) is 0 Å². The molecule has 5 heteroatoms. The highest BCUT2D eigenvalue weighted by atomic mass is 19.1. The van der Waals surface area contributed by atoms with Gasteiger partial charge in [0.1, 0.15) is 17.5 Å². The Kier molecular flexibility index (Phi) is 4.28. The van der Waals surface area contributed by atoms with E-state index in [2.05, 4.69) is 22.5 Å². The van der Waals surface area contributed by atoms with E-state index in [1.165, 1.54) is 12.1 Å². The van der Waals surface area contributed by atoms with Gasteiger partial charge in [-0.3, -0.25) is 0 Å². The molecule has 0 aliphatic heterocycles. The van der Waals surface area contributed by atoms with Crippen LogP contribution in [0.15, 0.2) is 36.5 Å². The van der Waals surface area contributed by atoms with Crippen molar-refractivity contribution in [2.75, 3.05) is 17.2 Å². The fourth-order valence-corrected chi connectivity index (χ4v) is 1.65. The van der Waals surface area contributed by atoms with Gasteiger partial charge in [0.15, 0.2) is 0 Å². The molecule has 0 aliphatic rings. The minimum atomic E-state index is -0.610. The third kappa shape index (κ3) is 3.91. The Labute approximate surface area is 110 Å². The van der Waals surface area contributed by atoms with Gasteiger partial charge in [-0.05, 0) is 24.6 Å². The number of benzene rings is 1. The number of hydrogen-bond acceptors (Lipinski definition) is 3. The molecule has 2 rings (SSSR count). The highest BCUT2D eigenvalue weighted by molar-refractivity contribution is 5.62. The summed E-state index contributed by atoms with van der Waals surface area (Å²) in [7, 11) is 0. The summed E-state index contributed by atoms with van der Waals surface area (Å²) in [6, 6.07) is 6.84. The summed E-state index contributed by atoms with van der Waals surface area (Å²) in [4.78, 5) is 4.15. The average molecular weight is 263 g/mol. The molecule has 0 unspecified atom stereocenters. The van der Waals surface area contributed by atoms with Crippen LogP contribution in [0.4, 0.5) is 26.0 Å². The summed E-state index contributed by atoms with van der Waals surface area (Å²) >= 11 is 0. The molecule has 19 heavy (non-hydrogen) atoms. The van der Waals surface area contributed by atoms with Crippen LogP contribution in [0, 0.1) is 11.6 Å². The standard InChI is InChI=1S/C14H15F2N3/c1-2-4-17-14-9-12(3-5-18-14)19-13-7-10(15)6-11(16)8-13/h3,5-9H,2,4H2,1H3,(H2,17,18,19). The van der Waals surface area contributed by atoms with Crippen LogP contribution in [0.2, 0.25) is 0 Å². The van der Waals surface area contributed by atoms with Crippen LogP contribution in [0.5, 0.6) is 0 Å². The first-order valence-electron chi connectivity index (χ1n) is 6.10. The van der Waals surface area contributed by atoms with Gasteiger partial charge in [0.2, 0.25) is 0 Å². The fourth-order valence-electron chi connectivity index (χ4n) is 1.65. The Morgan fingerprint density at radius 3 is 2.47 bits per heavy atom. The van der Waals surface area contributed by atoms with Gasteiger partial charge in [-0.15, -0.1) is 0 Å². The van der Waals surface area contributed by atoms with Crippen LogP contribution < -0.4 is 10.6 Å². The first-order valence-corrected chi connectivity index (χ1v) is 6.10. The van der Waals surface area contributed by atoms with Crippen LogP contribution in [-0.2, 0) is 0 Å². The molecule has 0 amide bonds. The second-order valence-electron chi connectivity index (χ2n) is 4.14. The van der Waals surface area contributed by atoms with E-state index in [1.54, 1.807) is 18.3 Å². The molecule has 0 saturated heterocycles. The zero-order valence-electron chi connectivity index (χ0n) is 10.6. The van der Waals surface area contributed by atoms with Crippen LogP contribution >= 0.6 is 0 Å². The highest BCUT2D eigenvalue weighted by Gasteiger charge is 2.02. The Bertz CT molecular complexity index is 538. The number of hydrogen-bond donors (Lipinski definition) is 2. The lowest BCUT2D eigenvalue weighted by Crippen LogP contribution is -2.02. The Morgan fingerprint density at radius 1 is 1.05 bits per heavy atom. The SMILES string of the molecule is CCCNc1cc(Nc2cc(F)cc(F)c2)ccn1. The Balaban J connectivity index is 2.13. The molecule has 1 aromatic heterocycles. The van der Waals surface area contributed by atoms with E-state index in [0.717, 1.165) is 30.5 Å². The van der Waals surface area contributed by atoms with E-state index in [9.17, 15) is 8.78 Å². The van der Waals surface area contributed by atoms with Gasteiger partial charge in [-0.2, -0.15) is 0 Å². The normalized spacial score (nSPS) is 10.3. The number of rotatable bonds is 5. The van der Waals surface area contributed by atoms with Crippen LogP contribution in [-0.4, -0.2) is 11.5 Å². The summed E-state index contributed by atoms with van der Waals surface area (Å²) in [6.07, 6.45) is 2.63. The van der Waals surface area contributed by atoms with Crippen molar-refractivity contribution in [2.24, 2.45) is 0 Å². The molecular formula is C14H15F2N3. The maximum atomic E-state index is 13.1. The topological polar surface area (TPSA) is 37.0 Å². The minimum absolute atomic E-state index is 0.366. The molecule has 2 N–H and O–H groups in total. The van der Waals surface area contributed by atoms with Gasteiger partial charge < -0.3 is 10.6 Å². The summed E-state index contributed by atoms with van der Waals surface area (Å²) < 4.78 is 26.1. The first kappa shape index (κ1) is 13.3. The van der Waals surface area contributed by atoms with Gasteiger partial charge in [-0.1, -0.05) is 6.92 Å². The van der Waals surface area contributed by atoms with Crippen molar-refractivity contribution in [3.8, 4) is 0 Å². The monoisotopic (exact) mass is 263 g/mol. The Hall–Kier alpha value is -2.17. The zero-order valence-corrected chi connectivity index (χ0v) is 10.6. The van der Waals surface area contributed by atoms with Gasteiger partial charge in [0.05, 0.1) is 0 Å². The number of aromatic nitrogens is 1. The molecule has 0 saturated carbocycles. The van der Waals surface area contributed by atoms with Crippen LogP contribution in [0.1, 0.15) is 13.3 Å². The number of nitrogens with zero attached hydrogens (tertiary/aromatic N) is 1. The highest BCUT2D eigenvalue weighted by Crippen LogP contribution is 2.20. The number of anilines is 3. The molecule has 100 valence electrons. The maximum Gasteiger partial charge on any atom is 0.128 e. The van der Waals surface area contributed by atoms with E-state index in [-0.39, 0.29) is 0 Å². The van der Waals surface area contributed by atoms with Gasteiger partial charge in [-0.25, -0.2) is 13.8 Å². The molecule has 0 aliphatic carbocycles. The van der Waals surface area contributed by atoms with Crippen molar-refractivity contribution in [1.82, 2.24) is 4.98 Å². The van der Waals surface area contributed by atoms with Crippen molar-refractivity contribution in [2.45, 2.75) is 13.3 Å². The zero-order chi connectivity index (χ0) is 13.7. The number of nitrogens with one attached hydrogen (secondary N) is 2. The fraction of sp³-hybridized carbons (Fsp3) is 0.214. The average Bonchev–Trinajstić information content (AvgIpc) is 2.35. The van der Waals surface area contributed by atoms with Crippen molar-refractivity contribution < 1.29 is 8.78 Å².